The molecule has 1 aliphatic heterocycles. The van der Waals surface area contributed by atoms with E-state index in [4.69, 9.17) is 4.74 Å². The SMILES string of the molecule is CCC1CN(C(=O)Nc2ccccc2)CCC1CC(=O)NCc1ccc(OC)cc1. The minimum Gasteiger partial charge on any atom is -0.497 e. The fourth-order valence-electron chi connectivity index (χ4n) is 3.97. The molecule has 2 atom stereocenters. The highest BCUT2D eigenvalue weighted by Gasteiger charge is 2.31. The Morgan fingerprint density at radius 1 is 1.07 bits per heavy atom. The lowest BCUT2D eigenvalue weighted by Gasteiger charge is -2.38. The predicted molar refractivity (Wildman–Crippen MR) is 118 cm³/mol. The number of hydrogen-bond acceptors (Lipinski definition) is 3. The molecule has 2 aromatic rings. The Balaban J connectivity index is 1.47. The van der Waals surface area contributed by atoms with E-state index in [-0.39, 0.29) is 11.9 Å². The summed E-state index contributed by atoms with van der Waals surface area (Å²) in [6.07, 6.45) is 2.30. The van der Waals surface area contributed by atoms with Crippen LogP contribution in [0.3, 0.4) is 0 Å². The fraction of sp³-hybridized carbons (Fsp3) is 0.417. The van der Waals surface area contributed by atoms with Gasteiger partial charge in [-0.25, -0.2) is 4.79 Å². The van der Waals surface area contributed by atoms with E-state index in [1.807, 2.05) is 59.5 Å². The first-order chi connectivity index (χ1) is 14.6. The minimum atomic E-state index is -0.0675. The second kappa shape index (κ2) is 10.7. The average Bonchev–Trinajstić information content (AvgIpc) is 2.79. The van der Waals surface area contributed by atoms with Crippen molar-refractivity contribution in [1.82, 2.24) is 10.2 Å². The molecular formula is C24H31N3O3. The molecule has 6 heteroatoms. The third kappa shape index (κ3) is 5.99. The van der Waals surface area contributed by atoms with Crippen LogP contribution in [-0.4, -0.2) is 37.0 Å². The lowest BCUT2D eigenvalue weighted by molar-refractivity contribution is -0.123. The molecule has 3 rings (SSSR count). The van der Waals surface area contributed by atoms with Gasteiger partial charge < -0.3 is 20.3 Å². The molecule has 2 unspecified atom stereocenters. The van der Waals surface area contributed by atoms with Crippen LogP contribution < -0.4 is 15.4 Å². The van der Waals surface area contributed by atoms with Gasteiger partial charge in [-0.2, -0.15) is 0 Å². The molecule has 0 aliphatic carbocycles. The molecule has 1 saturated heterocycles. The number of carbonyl (C=O) groups excluding carboxylic acids is 2. The van der Waals surface area contributed by atoms with Crippen LogP contribution in [0.5, 0.6) is 5.75 Å². The number of methoxy groups -OCH3 is 1. The summed E-state index contributed by atoms with van der Waals surface area (Å²) in [6, 6.07) is 17.1. The van der Waals surface area contributed by atoms with Gasteiger partial charge in [0.2, 0.25) is 5.91 Å². The molecule has 1 heterocycles. The standard InChI is InChI=1S/C24H31N3O3/c1-3-19-17-27(24(29)26-21-7-5-4-6-8-21)14-13-20(19)15-23(28)25-16-18-9-11-22(30-2)12-10-18/h4-12,19-20H,3,13-17H2,1-2H3,(H,25,28)(H,26,29). The minimum absolute atomic E-state index is 0.0662. The summed E-state index contributed by atoms with van der Waals surface area (Å²) < 4.78 is 5.16. The maximum Gasteiger partial charge on any atom is 0.321 e. The van der Waals surface area contributed by atoms with Crippen LogP contribution in [0.2, 0.25) is 0 Å². The van der Waals surface area contributed by atoms with Crippen molar-refractivity contribution in [2.75, 3.05) is 25.5 Å². The number of amides is 3. The second-order valence-corrected chi connectivity index (χ2v) is 7.79. The van der Waals surface area contributed by atoms with E-state index in [1.54, 1.807) is 7.11 Å². The van der Waals surface area contributed by atoms with Crippen molar-refractivity contribution >= 4 is 17.6 Å². The molecule has 1 aliphatic rings. The lowest BCUT2D eigenvalue weighted by Crippen LogP contribution is -2.46. The number of nitrogens with zero attached hydrogens (tertiary/aromatic N) is 1. The molecule has 0 aromatic heterocycles. The Bertz CT molecular complexity index is 823. The van der Waals surface area contributed by atoms with Gasteiger partial charge in [0.1, 0.15) is 5.75 Å². The highest BCUT2D eigenvalue weighted by Crippen LogP contribution is 2.29. The molecule has 6 nitrogen and oxygen atoms in total. The average molecular weight is 410 g/mol. The predicted octanol–water partition coefficient (Wildman–Crippen LogP) is 4.28. The zero-order valence-electron chi connectivity index (χ0n) is 17.8. The number of benzene rings is 2. The van der Waals surface area contributed by atoms with Crippen LogP contribution in [-0.2, 0) is 11.3 Å². The summed E-state index contributed by atoms with van der Waals surface area (Å²) in [4.78, 5) is 27.0. The molecule has 3 amide bonds. The highest BCUT2D eigenvalue weighted by atomic mass is 16.5. The first-order valence-corrected chi connectivity index (χ1v) is 10.6. The third-order valence-electron chi connectivity index (χ3n) is 5.82. The first-order valence-electron chi connectivity index (χ1n) is 10.6. The summed E-state index contributed by atoms with van der Waals surface area (Å²) in [5, 5.41) is 5.98. The molecule has 0 saturated carbocycles. The van der Waals surface area contributed by atoms with E-state index in [0.29, 0.717) is 37.9 Å². The summed E-state index contributed by atoms with van der Waals surface area (Å²) in [5.41, 5.74) is 1.85. The van der Waals surface area contributed by atoms with Gasteiger partial charge in [-0.1, -0.05) is 43.7 Å². The Kier molecular flexibility index (Phi) is 7.71. The number of ether oxygens (including phenoxy) is 1. The third-order valence-corrected chi connectivity index (χ3v) is 5.82. The molecule has 0 bridgehead atoms. The van der Waals surface area contributed by atoms with Crippen molar-refractivity contribution < 1.29 is 14.3 Å². The Labute approximate surface area is 178 Å². The lowest BCUT2D eigenvalue weighted by atomic mass is 9.81. The van der Waals surface area contributed by atoms with Gasteiger partial charge in [-0.05, 0) is 48.1 Å². The summed E-state index contributed by atoms with van der Waals surface area (Å²) >= 11 is 0. The zero-order valence-corrected chi connectivity index (χ0v) is 17.8. The molecule has 0 spiro atoms. The van der Waals surface area contributed by atoms with Crippen LogP contribution in [0.1, 0.15) is 31.7 Å². The van der Waals surface area contributed by atoms with Gasteiger partial charge in [-0.15, -0.1) is 0 Å². The topological polar surface area (TPSA) is 70.7 Å². The molecule has 2 aromatic carbocycles. The number of anilines is 1. The number of hydrogen-bond donors (Lipinski definition) is 2. The number of piperidine rings is 1. The smallest absolute Gasteiger partial charge is 0.321 e. The number of nitrogens with one attached hydrogen (secondary N) is 2. The molecule has 0 radical (unpaired) electrons. The number of urea groups is 1. The quantitative estimate of drug-likeness (QED) is 0.717. The monoisotopic (exact) mass is 409 g/mol. The van der Waals surface area contributed by atoms with Crippen molar-refractivity contribution in [3.8, 4) is 5.75 Å². The number of carbonyl (C=O) groups is 2. The Morgan fingerprint density at radius 3 is 2.47 bits per heavy atom. The number of para-hydroxylation sites is 1. The van der Waals surface area contributed by atoms with Crippen molar-refractivity contribution in [2.24, 2.45) is 11.8 Å². The van der Waals surface area contributed by atoms with Gasteiger partial charge in [0.15, 0.2) is 0 Å². The first kappa shape index (κ1) is 21.7. The fourth-order valence-corrected chi connectivity index (χ4v) is 3.97. The number of likely N-dealkylation sites (tertiary alicyclic amines) is 1. The van der Waals surface area contributed by atoms with E-state index < -0.39 is 0 Å². The van der Waals surface area contributed by atoms with Crippen molar-refractivity contribution in [3.05, 3.63) is 60.2 Å². The molecular weight excluding hydrogens is 378 g/mol. The van der Waals surface area contributed by atoms with Gasteiger partial charge >= 0.3 is 6.03 Å². The summed E-state index contributed by atoms with van der Waals surface area (Å²) in [5.74, 6) is 1.49. The second-order valence-electron chi connectivity index (χ2n) is 7.79. The molecule has 30 heavy (non-hydrogen) atoms. The van der Waals surface area contributed by atoms with Crippen LogP contribution in [0.15, 0.2) is 54.6 Å². The van der Waals surface area contributed by atoms with Gasteiger partial charge in [0.05, 0.1) is 7.11 Å². The zero-order chi connectivity index (χ0) is 21.3. The van der Waals surface area contributed by atoms with Gasteiger partial charge in [-0.3, -0.25) is 4.79 Å². The van der Waals surface area contributed by atoms with Gasteiger partial charge in [0.25, 0.3) is 0 Å². The van der Waals surface area contributed by atoms with E-state index in [0.717, 1.165) is 29.8 Å². The van der Waals surface area contributed by atoms with E-state index >= 15 is 0 Å². The summed E-state index contributed by atoms with van der Waals surface area (Å²) in [7, 11) is 1.64. The van der Waals surface area contributed by atoms with E-state index in [1.165, 1.54) is 0 Å². The Morgan fingerprint density at radius 2 is 1.80 bits per heavy atom. The van der Waals surface area contributed by atoms with Gasteiger partial charge in [0, 0.05) is 31.7 Å². The maximum atomic E-state index is 12.6. The van der Waals surface area contributed by atoms with Crippen molar-refractivity contribution in [2.45, 2.75) is 32.7 Å². The van der Waals surface area contributed by atoms with Crippen LogP contribution in [0.4, 0.5) is 10.5 Å². The molecule has 2 N–H and O–H groups in total. The van der Waals surface area contributed by atoms with E-state index in [2.05, 4.69) is 17.6 Å². The highest BCUT2D eigenvalue weighted by molar-refractivity contribution is 5.89. The van der Waals surface area contributed by atoms with Crippen LogP contribution in [0, 0.1) is 11.8 Å². The van der Waals surface area contributed by atoms with Crippen molar-refractivity contribution in [1.29, 1.82) is 0 Å². The normalized spacial score (nSPS) is 18.5. The number of rotatable bonds is 7. The molecule has 1 fully saturated rings. The maximum absolute atomic E-state index is 12.6. The summed E-state index contributed by atoms with van der Waals surface area (Å²) in [6.45, 7) is 4.00. The largest absolute Gasteiger partial charge is 0.497 e. The Hall–Kier alpha value is -3.02. The van der Waals surface area contributed by atoms with Crippen LogP contribution in [0.25, 0.3) is 0 Å². The van der Waals surface area contributed by atoms with Crippen LogP contribution >= 0.6 is 0 Å². The molecule has 160 valence electrons. The van der Waals surface area contributed by atoms with E-state index in [9.17, 15) is 9.59 Å². The van der Waals surface area contributed by atoms with Crippen molar-refractivity contribution in [3.63, 3.8) is 0 Å².